The summed E-state index contributed by atoms with van der Waals surface area (Å²) < 4.78 is 21.1. The van der Waals surface area contributed by atoms with Crippen molar-refractivity contribution >= 4 is 29.4 Å². The minimum Gasteiger partial charge on any atom is -0.435 e. The molecule has 2 aliphatic rings. The molecule has 0 bridgehead atoms. The van der Waals surface area contributed by atoms with E-state index in [2.05, 4.69) is 49.3 Å². The van der Waals surface area contributed by atoms with E-state index >= 15 is 0 Å². The number of carbonyl (C=O) groups excluding carboxylic acids is 1. The quantitative estimate of drug-likeness (QED) is 0.178. The van der Waals surface area contributed by atoms with Gasteiger partial charge in [0.15, 0.2) is 0 Å². The van der Waals surface area contributed by atoms with E-state index in [-0.39, 0.29) is 25.3 Å². The maximum Gasteiger partial charge on any atom is 0.510 e. The Hall–Kier alpha value is -4.10. The molecule has 3 aromatic rings. The first-order valence-electron chi connectivity index (χ1n) is 16.8. The number of hydrogen-bond donors (Lipinski definition) is 3. The molecule has 0 aromatic carbocycles. The molecule has 1 saturated carbocycles. The van der Waals surface area contributed by atoms with Crippen molar-refractivity contribution in [1.82, 2.24) is 35.5 Å². The Kier molecular flexibility index (Phi) is 12.9. The van der Waals surface area contributed by atoms with Gasteiger partial charge in [-0.25, -0.2) is 14.8 Å². The van der Waals surface area contributed by atoms with Crippen LogP contribution in [0.5, 0.6) is 0 Å². The molecule has 0 unspecified atom stereocenters. The molecule has 49 heavy (non-hydrogen) atoms. The molecule has 15 nitrogen and oxygen atoms in total. The third-order valence-electron chi connectivity index (χ3n) is 8.70. The normalized spacial score (nSPS) is 20.1. The SMILES string of the molecule is CCOC(=O)O[C@H](C)n1nnc(COC[C@H](C)N[C@H]2CC[C@H](Nc3cc(-c4cccc(NCC5(C#N)CCOCC5)n4)c(Cl)cn3)CC2)n1. The van der Waals surface area contributed by atoms with Gasteiger partial charge in [0, 0.05) is 49.6 Å². The minimum atomic E-state index is -0.785. The summed E-state index contributed by atoms with van der Waals surface area (Å²) in [5.41, 5.74) is 1.08. The Balaban J connectivity index is 1.04. The average molecular weight is 697 g/mol. The standard InChI is InChI=1S/C33H45ClN10O5/c1-4-48-32(45)49-23(3)44-42-31(41-43-44)19-47-18-22(2)38-24-8-10-25(11-9-24)39-30-16-26(27(34)17-36-30)28-6-5-7-29(40-28)37-21-33(20-35)12-14-46-15-13-33/h5-7,16-17,22-25,38H,4,8-15,18-19,21H2,1-3H3,(H,36,39)(H,37,40)/t22-,23+,24-,25-/m0/s1. The fourth-order valence-electron chi connectivity index (χ4n) is 5.94. The van der Waals surface area contributed by atoms with Crippen molar-refractivity contribution in [3.8, 4) is 17.3 Å². The molecule has 1 aliphatic carbocycles. The Labute approximate surface area is 291 Å². The first-order chi connectivity index (χ1) is 23.8. The average Bonchev–Trinajstić information content (AvgIpc) is 3.59. The van der Waals surface area contributed by atoms with Crippen molar-refractivity contribution in [3.63, 3.8) is 0 Å². The molecular weight excluding hydrogens is 652 g/mol. The van der Waals surface area contributed by atoms with Crippen molar-refractivity contribution in [2.24, 2.45) is 5.41 Å². The zero-order valence-corrected chi connectivity index (χ0v) is 29.0. The number of pyridine rings is 2. The Morgan fingerprint density at radius 2 is 1.96 bits per heavy atom. The molecule has 5 rings (SSSR count). The van der Waals surface area contributed by atoms with Gasteiger partial charge in [0.25, 0.3) is 0 Å². The third-order valence-corrected chi connectivity index (χ3v) is 9.00. The maximum atomic E-state index is 11.5. The summed E-state index contributed by atoms with van der Waals surface area (Å²) >= 11 is 6.59. The van der Waals surface area contributed by atoms with Crippen LogP contribution in [0, 0.1) is 16.7 Å². The highest BCUT2D eigenvalue weighted by Crippen LogP contribution is 2.32. The minimum absolute atomic E-state index is 0.135. The second-order valence-corrected chi connectivity index (χ2v) is 12.9. The molecule has 16 heteroatoms. The van der Waals surface area contributed by atoms with Gasteiger partial charge in [-0.05, 0) is 82.7 Å². The summed E-state index contributed by atoms with van der Waals surface area (Å²) in [5, 5.41) is 33.1. The lowest BCUT2D eigenvalue weighted by molar-refractivity contribution is -0.00552. The molecular formula is C33H45ClN10O5. The zero-order chi connectivity index (χ0) is 34.6. The fourth-order valence-corrected chi connectivity index (χ4v) is 6.14. The highest BCUT2D eigenvalue weighted by atomic mass is 35.5. The van der Waals surface area contributed by atoms with Gasteiger partial charge in [0.05, 0.1) is 35.4 Å². The molecule has 0 radical (unpaired) electrons. The Morgan fingerprint density at radius 1 is 1.18 bits per heavy atom. The van der Waals surface area contributed by atoms with Crippen LogP contribution in [0.1, 0.15) is 71.3 Å². The number of aromatic nitrogens is 6. The molecule has 3 aromatic heterocycles. The number of rotatable bonds is 15. The van der Waals surface area contributed by atoms with Gasteiger partial charge in [0.1, 0.15) is 18.2 Å². The van der Waals surface area contributed by atoms with Crippen LogP contribution in [0.3, 0.4) is 0 Å². The lowest BCUT2D eigenvalue weighted by Gasteiger charge is -2.32. The third kappa shape index (κ3) is 10.4. The van der Waals surface area contributed by atoms with E-state index < -0.39 is 17.8 Å². The van der Waals surface area contributed by atoms with Crippen LogP contribution in [-0.2, 0) is 25.6 Å². The fraction of sp³-hybridized carbons (Fsp3) is 0.606. The van der Waals surface area contributed by atoms with E-state index in [0.29, 0.717) is 61.9 Å². The summed E-state index contributed by atoms with van der Waals surface area (Å²) in [5.74, 6) is 1.86. The predicted molar refractivity (Wildman–Crippen MR) is 182 cm³/mol. The van der Waals surface area contributed by atoms with E-state index in [9.17, 15) is 10.1 Å². The summed E-state index contributed by atoms with van der Waals surface area (Å²) in [6.07, 6.45) is 5.56. The first-order valence-corrected chi connectivity index (χ1v) is 17.2. The molecule has 4 heterocycles. The van der Waals surface area contributed by atoms with Gasteiger partial charge in [-0.1, -0.05) is 17.7 Å². The van der Waals surface area contributed by atoms with E-state index in [1.807, 2.05) is 24.3 Å². The number of hydrogen-bond acceptors (Lipinski definition) is 14. The van der Waals surface area contributed by atoms with Crippen LogP contribution in [0.25, 0.3) is 11.3 Å². The van der Waals surface area contributed by atoms with Gasteiger partial charge < -0.3 is 34.9 Å². The molecule has 2 atom stereocenters. The number of nitriles is 1. The number of carbonyl (C=O) groups is 1. The van der Waals surface area contributed by atoms with Crippen molar-refractivity contribution in [1.29, 1.82) is 5.26 Å². The topological polar surface area (TPSA) is 183 Å². The second-order valence-electron chi connectivity index (χ2n) is 12.5. The molecule has 2 fully saturated rings. The van der Waals surface area contributed by atoms with Crippen LogP contribution in [-0.4, -0.2) is 87.4 Å². The van der Waals surface area contributed by atoms with E-state index in [1.165, 1.54) is 4.80 Å². The summed E-state index contributed by atoms with van der Waals surface area (Å²) in [4.78, 5) is 22.1. The van der Waals surface area contributed by atoms with Gasteiger partial charge in [-0.2, -0.15) is 5.26 Å². The number of anilines is 2. The first kappa shape index (κ1) is 36.2. The molecule has 3 N–H and O–H groups in total. The number of halogens is 1. The Bertz CT molecular complexity index is 1550. The van der Waals surface area contributed by atoms with E-state index in [4.69, 9.17) is 35.5 Å². The van der Waals surface area contributed by atoms with Gasteiger partial charge in [-0.3, -0.25) is 0 Å². The highest BCUT2D eigenvalue weighted by Gasteiger charge is 2.32. The molecule has 1 aliphatic heterocycles. The molecule has 264 valence electrons. The van der Waals surface area contributed by atoms with Crippen molar-refractivity contribution in [2.45, 2.75) is 90.3 Å². The lowest BCUT2D eigenvalue weighted by atomic mass is 9.82. The van der Waals surface area contributed by atoms with E-state index in [0.717, 1.165) is 42.8 Å². The molecule has 0 spiro atoms. The van der Waals surface area contributed by atoms with Crippen LogP contribution in [0.15, 0.2) is 30.5 Å². The Morgan fingerprint density at radius 3 is 2.71 bits per heavy atom. The van der Waals surface area contributed by atoms with Crippen LogP contribution < -0.4 is 16.0 Å². The van der Waals surface area contributed by atoms with Crippen LogP contribution >= 0.6 is 11.6 Å². The summed E-state index contributed by atoms with van der Waals surface area (Å²) in [7, 11) is 0. The molecule has 1 saturated heterocycles. The number of nitrogens with zero attached hydrogens (tertiary/aromatic N) is 7. The van der Waals surface area contributed by atoms with Gasteiger partial charge in [-0.15, -0.1) is 15.0 Å². The number of nitrogens with one attached hydrogen (secondary N) is 3. The van der Waals surface area contributed by atoms with Crippen LogP contribution in [0.4, 0.5) is 16.4 Å². The zero-order valence-electron chi connectivity index (χ0n) is 28.2. The van der Waals surface area contributed by atoms with Crippen molar-refractivity contribution in [2.75, 3.05) is 43.6 Å². The second kappa shape index (κ2) is 17.5. The number of tetrazole rings is 1. The van der Waals surface area contributed by atoms with Gasteiger partial charge in [0.2, 0.25) is 12.1 Å². The molecule has 0 amide bonds. The van der Waals surface area contributed by atoms with Crippen molar-refractivity contribution < 1.29 is 23.7 Å². The van der Waals surface area contributed by atoms with E-state index in [1.54, 1.807) is 20.0 Å². The summed E-state index contributed by atoms with van der Waals surface area (Å²) in [6.45, 7) is 8.03. The smallest absolute Gasteiger partial charge is 0.435 e. The maximum absolute atomic E-state index is 11.5. The lowest BCUT2D eigenvalue weighted by Crippen LogP contribution is -2.43. The predicted octanol–water partition coefficient (Wildman–Crippen LogP) is 5.13. The number of ether oxygens (including phenoxy) is 4. The van der Waals surface area contributed by atoms with Gasteiger partial charge >= 0.3 is 6.16 Å². The van der Waals surface area contributed by atoms with Crippen LogP contribution in [0.2, 0.25) is 5.02 Å². The highest BCUT2D eigenvalue weighted by molar-refractivity contribution is 6.33. The largest absolute Gasteiger partial charge is 0.510 e. The summed E-state index contributed by atoms with van der Waals surface area (Å²) in [6, 6.07) is 11.0. The monoisotopic (exact) mass is 696 g/mol. The van der Waals surface area contributed by atoms with Crippen molar-refractivity contribution in [3.05, 3.63) is 41.3 Å².